The second-order valence-corrected chi connectivity index (χ2v) is 5.80. The van der Waals surface area contributed by atoms with E-state index >= 15 is 0 Å². The van der Waals surface area contributed by atoms with Crippen molar-refractivity contribution >= 4 is 5.91 Å². The zero-order valence-electron chi connectivity index (χ0n) is 11.2. The van der Waals surface area contributed by atoms with Crippen molar-refractivity contribution in [2.45, 2.75) is 45.8 Å². The third-order valence-electron chi connectivity index (χ3n) is 4.16. The Kier molecular flexibility index (Phi) is 3.44. The summed E-state index contributed by atoms with van der Waals surface area (Å²) in [6, 6.07) is 8.01. The first kappa shape index (κ1) is 13.1. The Morgan fingerprint density at radius 3 is 2.67 bits per heavy atom. The minimum atomic E-state index is -0.304. The van der Waals surface area contributed by atoms with Gasteiger partial charge >= 0.3 is 0 Å². The number of aryl methyl sites for hydroxylation is 1. The topological polar surface area (TPSA) is 49.3 Å². The van der Waals surface area contributed by atoms with Crippen molar-refractivity contribution in [1.82, 2.24) is 5.32 Å². The Labute approximate surface area is 108 Å². The summed E-state index contributed by atoms with van der Waals surface area (Å²) < 4.78 is 0. The molecule has 0 aliphatic heterocycles. The number of hydrogen-bond acceptors (Lipinski definition) is 2. The summed E-state index contributed by atoms with van der Waals surface area (Å²) in [5.41, 5.74) is 2.00. The van der Waals surface area contributed by atoms with Gasteiger partial charge in [0.05, 0.1) is 12.5 Å². The van der Waals surface area contributed by atoms with Crippen molar-refractivity contribution in [2.24, 2.45) is 5.41 Å². The molecule has 18 heavy (non-hydrogen) atoms. The second-order valence-electron chi connectivity index (χ2n) is 5.80. The highest BCUT2D eigenvalue weighted by molar-refractivity contribution is 5.79. The highest BCUT2D eigenvalue weighted by Crippen LogP contribution is 2.40. The first-order chi connectivity index (χ1) is 8.41. The van der Waals surface area contributed by atoms with Crippen LogP contribution in [0.5, 0.6) is 0 Å². The van der Waals surface area contributed by atoms with E-state index in [4.69, 9.17) is 0 Å². The van der Waals surface area contributed by atoms with Crippen LogP contribution in [0.15, 0.2) is 24.3 Å². The Balaban J connectivity index is 1.93. The van der Waals surface area contributed by atoms with E-state index in [1.807, 2.05) is 45.0 Å². The van der Waals surface area contributed by atoms with Gasteiger partial charge in [-0.2, -0.15) is 0 Å². The Morgan fingerprint density at radius 2 is 2.11 bits per heavy atom. The number of carbonyl (C=O) groups excluding carboxylic acids is 1. The molecule has 0 heterocycles. The van der Waals surface area contributed by atoms with E-state index < -0.39 is 0 Å². The van der Waals surface area contributed by atoms with Gasteiger partial charge in [0.25, 0.3) is 0 Å². The van der Waals surface area contributed by atoms with Crippen LogP contribution in [0.1, 0.15) is 31.4 Å². The van der Waals surface area contributed by atoms with Crippen LogP contribution in [-0.2, 0) is 11.2 Å². The monoisotopic (exact) mass is 247 g/mol. The maximum Gasteiger partial charge on any atom is 0.224 e. The maximum atomic E-state index is 12.0. The molecule has 2 atom stereocenters. The molecule has 1 amide bonds. The summed E-state index contributed by atoms with van der Waals surface area (Å²) in [4.78, 5) is 12.0. The van der Waals surface area contributed by atoms with Gasteiger partial charge in [0, 0.05) is 11.5 Å². The van der Waals surface area contributed by atoms with E-state index in [1.165, 1.54) is 0 Å². The molecule has 0 saturated heterocycles. The van der Waals surface area contributed by atoms with Gasteiger partial charge in [0.15, 0.2) is 0 Å². The van der Waals surface area contributed by atoms with E-state index in [0.717, 1.165) is 11.1 Å². The number of rotatable bonds is 3. The van der Waals surface area contributed by atoms with Crippen LogP contribution < -0.4 is 5.32 Å². The molecule has 2 N–H and O–H groups in total. The van der Waals surface area contributed by atoms with E-state index in [9.17, 15) is 9.90 Å². The molecule has 1 saturated carbocycles. The lowest BCUT2D eigenvalue weighted by Gasteiger charge is -2.49. The molecule has 0 bridgehead atoms. The van der Waals surface area contributed by atoms with Crippen molar-refractivity contribution in [3.63, 3.8) is 0 Å². The van der Waals surface area contributed by atoms with Crippen molar-refractivity contribution in [3.8, 4) is 0 Å². The molecule has 3 heteroatoms. The van der Waals surface area contributed by atoms with Gasteiger partial charge in [-0.3, -0.25) is 4.79 Å². The maximum absolute atomic E-state index is 12.0. The summed E-state index contributed by atoms with van der Waals surface area (Å²) in [6.07, 6.45) is 0.767. The summed E-state index contributed by atoms with van der Waals surface area (Å²) >= 11 is 0. The summed E-state index contributed by atoms with van der Waals surface area (Å²) in [5, 5.41) is 12.7. The third kappa shape index (κ3) is 2.41. The minimum Gasteiger partial charge on any atom is -0.392 e. The van der Waals surface area contributed by atoms with Crippen LogP contribution in [-0.4, -0.2) is 23.2 Å². The molecular formula is C15H21NO2. The number of aliphatic hydroxyl groups excluding tert-OH is 1. The lowest BCUT2D eigenvalue weighted by Crippen LogP contribution is -2.61. The highest BCUT2D eigenvalue weighted by atomic mass is 16.3. The molecule has 1 aromatic carbocycles. The van der Waals surface area contributed by atoms with E-state index in [0.29, 0.717) is 12.8 Å². The van der Waals surface area contributed by atoms with Gasteiger partial charge in [0.1, 0.15) is 0 Å². The molecule has 1 fully saturated rings. The van der Waals surface area contributed by atoms with Crippen LogP contribution in [0.3, 0.4) is 0 Å². The first-order valence-electron chi connectivity index (χ1n) is 6.43. The molecule has 0 spiro atoms. The van der Waals surface area contributed by atoms with E-state index in [2.05, 4.69) is 5.32 Å². The zero-order valence-corrected chi connectivity index (χ0v) is 11.2. The van der Waals surface area contributed by atoms with Crippen LogP contribution in [0.2, 0.25) is 0 Å². The molecular weight excluding hydrogens is 226 g/mol. The normalized spacial score (nSPS) is 25.3. The van der Waals surface area contributed by atoms with Crippen LogP contribution in [0, 0.1) is 12.3 Å². The second kappa shape index (κ2) is 4.73. The third-order valence-corrected chi connectivity index (χ3v) is 4.16. The van der Waals surface area contributed by atoms with Crippen molar-refractivity contribution in [2.75, 3.05) is 0 Å². The molecule has 1 aliphatic rings. The fourth-order valence-corrected chi connectivity index (χ4v) is 2.37. The number of benzene rings is 1. The van der Waals surface area contributed by atoms with Gasteiger partial charge in [-0.25, -0.2) is 0 Å². The Hall–Kier alpha value is -1.35. The highest BCUT2D eigenvalue weighted by Gasteiger charge is 2.47. The molecule has 1 aromatic rings. The number of nitrogens with one attached hydrogen (secondary N) is 1. The average Bonchev–Trinajstić information content (AvgIpc) is 2.32. The quantitative estimate of drug-likeness (QED) is 0.856. The van der Waals surface area contributed by atoms with E-state index in [-0.39, 0.29) is 23.5 Å². The largest absolute Gasteiger partial charge is 0.392 e. The van der Waals surface area contributed by atoms with Gasteiger partial charge in [-0.05, 0) is 24.5 Å². The smallest absolute Gasteiger partial charge is 0.224 e. The number of carbonyl (C=O) groups is 1. The van der Waals surface area contributed by atoms with Gasteiger partial charge in [-0.15, -0.1) is 0 Å². The zero-order chi connectivity index (χ0) is 13.3. The van der Waals surface area contributed by atoms with E-state index in [1.54, 1.807) is 0 Å². The Bertz CT molecular complexity index is 454. The number of amides is 1. The fraction of sp³-hybridized carbons (Fsp3) is 0.533. The molecule has 2 rings (SSSR count). The van der Waals surface area contributed by atoms with Crippen LogP contribution in [0.25, 0.3) is 0 Å². The fourth-order valence-electron chi connectivity index (χ4n) is 2.37. The van der Waals surface area contributed by atoms with Crippen molar-refractivity contribution in [3.05, 3.63) is 35.4 Å². The molecule has 3 nitrogen and oxygen atoms in total. The molecule has 2 unspecified atom stereocenters. The lowest BCUT2D eigenvalue weighted by atomic mass is 9.64. The standard InChI is InChI=1S/C15H21NO2/c1-10-6-4-5-7-11(10)8-14(18)16-12-9-13(17)15(12,2)3/h4-7,12-13,17H,8-9H2,1-3H3,(H,16,18). The number of hydrogen-bond donors (Lipinski definition) is 2. The molecule has 0 aromatic heterocycles. The molecule has 1 aliphatic carbocycles. The predicted octanol–water partition coefficient (Wildman–Crippen LogP) is 1.81. The summed E-state index contributed by atoms with van der Waals surface area (Å²) in [6.45, 7) is 5.99. The summed E-state index contributed by atoms with van der Waals surface area (Å²) in [5.74, 6) is 0.0364. The SMILES string of the molecule is Cc1ccccc1CC(=O)NC1CC(O)C1(C)C. The van der Waals surface area contributed by atoms with Crippen LogP contribution in [0.4, 0.5) is 0 Å². The summed E-state index contributed by atoms with van der Waals surface area (Å²) in [7, 11) is 0. The van der Waals surface area contributed by atoms with Gasteiger partial charge in [0.2, 0.25) is 5.91 Å². The number of aliphatic hydroxyl groups is 1. The lowest BCUT2D eigenvalue weighted by molar-refractivity contribution is -0.128. The minimum absolute atomic E-state index is 0.0364. The predicted molar refractivity (Wildman–Crippen MR) is 71.2 cm³/mol. The Morgan fingerprint density at radius 1 is 1.44 bits per heavy atom. The van der Waals surface area contributed by atoms with Gasteiger partial charge < -0.3 is 10.4 Å². The van der Waals surface area contributed by atoms with Crippen molar-refractivity contribution in [1.29, 1.82) is 0 Å². The first-order valence-corrected chi connectivity index (χ1v) is 6.43. The van der Waals surface area contributed by atoms with Crippen LogP contribution >= 0.6 is 0 Å². The molecule has 0 radical (unpaired) electrons. The molecule has 98 valence electrons. The average molecular weight is 247 g/mol. The van der Waals surface area contributed by atoms with Crippen molar-refractivity contribution < 1.29 is 9.90 Å². The van der Waals surface area contributed by atoms with Gasteiger partial charge in [-0.1, -0.05) is 38.1 Å².